The molecule has 0 aliphatic carbocycles. The lowest BCUT2D eigenvalue weighted by molar-refractivity contribution is 0.102. The molecule has 0 atom stereocenters. The summed E-state index contributed by atoms with van der Waals surface area (Å²) in [4.78, 5) is 15.6. The molecule has 0 fully saturated rings. The molecule has 1 heterocycles. The number of amides is 1. The zero-order valence-electron chi connectivity index (χ0n) is 7.91. The van der Waals surface area contributed by atoms with Crippen LogP contribution in [0.15, 0.2) is 34.2 Å². The summed E-state index contributed by atoms with van der Waals surface area (Å²) < 4.78 is 14.0. The fraction of sp³-hybridized carbons (Fsp3) is 0. The Kier molecular flexibility index (Phi) is 3.31. The van der Waals surface area contributed by atoms with Gasteiger partial charge in [-0.05, 0) is 18.2 Å². The van der Waals surface area contributed by atoms with Crippen molar-refractivity contribution in [1.82, 2.24) is 4.98 Å². The molecule has 0 aliphatic rings. The first-order chi connectivity index (χ1) is 7.66. The molecule has 2 rings (SSSR count). The Labute approximate surface area is 103 Å². The molecular formula is C10H6BrFN2OS. The van der Waals surface area contributed by atoms with E-state index in [1.165, 1.54) is 29.5 Å². The highest BCUT2D eigenvalue weighted by molar-refractivity contribution is 9.10. The van der Waals surface area contributed by atoms with E-state index < -0.39 is 11.7 Å². The van der Waals surface area contributed by atoms with Gasteiger partial charge in [0.05, 0.1) is 5.56 Å². The number of nitrogens with one attached hydrogen (secondary N) is 1. The number of carbonyl (C=O) groups excluding carboxylic acids is 1. The summed E-state index contributed by atoms with van der Waals surface area (Å²) in [5, 5.41) is 4.69. The van der Waals surface area contributed by atoms with Crippen molar-refractivity contribution in [2.24, 2.45) is 0 Å². The average Bonchev–Trinajstić information content (AvgIpc) is 2.74. The number of hydrogen-bond donors (Lipinski definition) is 1. The number of nitrogens with zero attached hydrogens (tertiary/aromatic N) is 1. The van der Waals surface area contributed by atoms with Gasteiger partial charge in [0.2, 0.25) is 0 Å². The van der Waals surface area contributed by atoms with Gasteiger partial charge < -0.3 is 0 Å². The first-order valence-corrected chi connectivity index (χ1v) is 6.00. The quantitative estimate of drug-likeness (QED) is 0.924. The van der Waals surface area contributed by atoms with Gasteiger partial charge in [0.1, 0.15) is 5.82 Å². The summed E-state index contributed by atoms with van der Waals surface area (Å²) in [5.74, 6) is -1.06. The van der Waals surface area contributed by atoms with Crippen molar-refractivity contribution < 1.29 is 9.18 Å². The van der Waals surface area contributed by atoms with Crippen LogP contribution in [0.2, 0.25) is 0 Å². The molecular weight excluding hydrogens is 295 g/mol. The Morgan fingerprint density at radius 1 is 1.50 bits per heavy atom. The minimum Gasteiger partial charge on any atom is -0.298 e. The number of rotatable bonds is 2. The van der Waals surface area contributed by atoms with Crippen LogP contribution in [0.5, 0.6) is 0 Å². The molecule has 1 amide bonds. The first-order valence-electron chi connectivity index (χ1n) is 4.33. The fourth-order valence-corrected chi connectivity index (χ4v) is 2.01. The summed E-state index contributed by atoms with van der Waals surface area (Å²) in [6.45, 7) is 0. The smallest absolute Gasteiger partial charge is 0.260 e. The maximum atomic E-state index is 13.4. The molecule has 0 radical (unpaired) electrons. The second kappa shape index (κ2) is 4.71. The van der Waals surface area contributed by atoms with E-state index in [0.717, 1.165) is 0 Å². The standard InChI is InChI=1S/C10H6BrFN2OS/c11-6-1-2-8(12)7(5-6)9(15)14-10-13-3-4-16-10/h1-5H,(H,13,14,15). The van der Waals surface area contributed by atoms with Crippen LogP contribution >= 0.6 is 27.3 Å². The Bertz CT molecular complexity index is 516. The molecule has 0 bridgehead atoms. The van der Waals surface area contributed by atoms with Gasteiger partial charge in [-0.3, -0.25) is 10.1 Å². The predicted octanol–water partition coefficient (Wildman–Crippen LogP) is 3.30. The second-order valence-electron chi connectivity index (χ2n) is 2.92. The van der Waals surface area contributed by atoms with Crippen LogP contribution in [0, 0.1) is 5.82 Å². The van der Waals surface area contributed by atoms with Crippen LogP contribution in [0.1, 0.15) is 10.4 Å². The van der Waals surface area contributed by atoms with Crippen LogP contribution in [-0.4, -0.2) is 10.9 Å². The molecule has 1 aromatic heterocycles. The highest BCUT2D eigenvalue weighted by Crippen LogP contribution is 2.18. The van der Waals surface area contributed by atoms with Gasteiger partial charge in [0, 0.05) is 16.0 Å². The Hall–Kier alpha value is -1.27. The van der Waals surface area contributed by atoms with Crippen molar-refractivity contribution in [3.8, 4) is 0 Å². The van der Waals surface area contributed by atoms with E-state index in [2.05, 4.69) is 26.2 Å². The molecule has 0 unspecified atom stereocenters. The third kappa shape index (κ3) is 2.45. The van der Waals surface area contributed by atoms with Gasteiger partial charge in [-0.15, -0.1) is 11.3 Å². The van der Waals surface area contributed by atoms with Crippen molar-refractivity contribution in [1.29, 1.82) is 0 Å². The minimum absolute atomic E-state index is 0.00965. The van der Waals surface area contributed by atoms with E-state index in [-0.39, 0.29) is 5.56 Å². The van der Waals surface area contributed by atoms with Crippen molar-refractivity contribution >= 4 is 38.3 Å². The molecule has 0 aliphatic heterocycles. The summed E-state index contributed by atoms with van der Waals surface area (Å²) in [5.41, 5.74) is -0.00965. The summed E-state index contributed by atoms with van der Waals surface area (Å²) in [6.07, 6.45) is 1.57. The molecule has 2 aromatic rings. The SMILES string of the molecule is O=C(Nc1nccs1)c1cc(Br)ccc1F. The lowest BCUT2D eigenvalue weighted by atomic mass is 10.2. The van der Waals surface area contributed by atoms with E-state index in [4.69, 9.17) is 0 Å². The van der Waals surface area contributed by atoms with Crippen LogP contribution in [-0.2, 0) is 0 Å². The Balaban J connectivity index is 2.24. The number of hydrogen-bond acceptors (Lipinski definition) is 3. The minimum atomic E-state index is -0.558. The number of benzene rings is 1. The molecule has 0 saturated carbocycles. The van der Waals surface area contributed by atoms with Gasteiger partial charge in [0.15, 0.2) is 5.13 Å². The monoisotopic (exact) mass is 300 g/mol. The molecule has 0 saturated heterocycles. The van der Waals surface area contributed by atoms with E-state index in [0.29, 0.717) is 9.60 Å². The number of halogens is 2. The number of thiazole rings is 1. The third-order valence-electron chi connectivity index (χ3n) is 1.83. The number of aromatic nitrogens is 1. The lowest BCUT2D eigenvalue weighted by Crippen LogP contribution is -2.13. The fourth-order valence-electron chi connectivity index (χ4n) is 1.12. The molecule has 82 valence electrons. The average molecular weight is 301 g/mol. The van der Waals surface area contributed by atoms with Crippen molar-refractivity contribution in [2.75, 3.05) is 5.32 Å². The molecule has 1 aromatic carbocycles. The molecule has 6 heteroatoms. The molecule has 3 nitrogen and oxygen atoms in total. The third-order valence-corrected chi connectivity index (χ3v) is 3.01. The number of carbonyl (C=O) groups is 1. The van der Waals surface area contributed by atoms with E-state index in [1.54, 1.807) is 11.6 Å². The lowest BCUT2D eigenvalue weighted by Gasteiger charge is -2.03. The van der Waals surface area contributed by atoms with Gasteiger partial charge in [0.25, 0.3) is 5.91 Å². The van der Waals surface area contributed by atoms with Crippen molar-refractivity contribution in [3.63, 3.8) is 0 Å². The van der Waals surface area contributed by atoms with E-state index in [9.17, 15) is 9.18 Å². The topological polar surface area (TPSA) is 42.0 Å². The maximum Gasteiger partial charge on any atom is 0.260 e. The molecule has 16 heavy (non-hydrogen) atoms. The zero-order valence-corrected chi connectivity index (χ0v) is 10.3. The molecule has 0 spiro atoms. The number of anilines is 1. The highest BCUT2D eigenvalue weighted by atomic mass is 79.9. The van der Waals surface area contributed by atoms with E-state index in [1.807, 2.05) is 0 Å². The van der Waals surface area contributed by atoms with Crippen LogP contribution in [0.3, 0.4) is 0 Å². The Morgan fingerprint density at radius 2 is 2.31 bits per heavy atom. The van der Waals surface area contributed by atoms with E-state index >= 15 is 0 Å². The van der Waals surface area contributed by atoms with Crippen molar-refractivity contribution in [2.45, 2.75) is 0 Å². The van der Waals surface area contributed by atoms with Gasteiger partial charge >= 0.3 is 0 Å². The van der Waals surface area contributed by atoms with Crippen LogP contribution in [0.4, 0.5) is 9.52 Å². The molecule has 1 N–H and O–H groups in total. The van der Waals surface area contributed by atoms with Gasteiger partial charge in [-0.25, -0.2) is 9.37 Å². The normalized spacial score (nSPS) is 10.1. The summed E-state index contributed by atoms with van der Waals surface area (Å²) in [6, 6.07) is 4.20. The zero-order chi connectivity index (χ0) is 11.5. The highest BCUT2D eigenvalue weighted by Gasteiger charge is 2.13. The summed E-state index contributed by atoms with van der Waals surface area (Å²) >= 11 is 4.46. The predicted molar refractivity (Wildman–Crippen MR) is 64.2 cm³/mol. The first kappa shape index (κ1) is 11.2. The maximum absolute atomic E-state index is 13.4. The van der Waals surface area contributed by atoms with Crippen LogP contribution < -0.4 is 5.32 Å². The van der Waals surface area contributed by atoms with Crippen LogP contribution in [0.25, 0.3) is 0 Å². The van der Waals surface area contributed by atoms with Crippen molar-refractivity contribution in [3.05, 3.63) is 45.6 Å². The van der Waals surface area contributed by atoms with Gasteiger partial charge in [-0.1, -0.05) is 15.9 Å². The second-order valence-corrected chi connectivity index (χ2v) is 4.73. The van der Waals surface area contributed by atoms with Gasteiger partial charge in [-0.2, -0.15) is 0 Å². The Morgan fingerprint density at radius 3 is 3.00 bits per heavy atom. The summed E-state index contributed by atoms with van der Waals surface area (Å²) in [7, 11) is 0. The largest absolute Gasteiger partial charge is 0.298 e.